The van der Waals surface area contributed by atoms with Crippen LogP contribution in [0.15, 0.2) is 84.1 Å². The normalized spacial score (nSPS) is 12.8. The zero-order valence-corrected chi connectivity index (χ0v) is 27.2. The summed E-state index contributed by atoms with van der Waals surface area (Å²) in [5, 5.41) is 9.11. The highest BCUT2D eigenvalue weighted by Gasteiger charge is 2.25. The third-order valence-corrected chi connectivity index (χ3v) is 8.77. The van der Waals surface area contributed by atoms with Gasteiger partial charge in [0.1, 0.15) is 12.6 Å². The molecule has 0 saturated carbocycles. The van der Waals surface area contributed by atoms with Crippen LogP contribution in [-0.2, 0) is 35.5 Å². The zero-order chi connectivity index (χ0) is 31.9. The number of alkyl carbamates (subject to hydrolysis) is 1. The summed E-state index contributed by atoms with van der Waals surface area (Å²) < 4.78 is 5.46. The number of hydrogen-bond acceptors (Lipinski definition) is 8. The average molecular weight is 649 g/mol. The van der Waals surface area contributed by atoms with Crippen LogP contribution in [0.4, 0.5) is 9.59 Å². The van der Waals surface area contributed by atoms with Gasteiger partial charge in [0.05, 0.1) is 22.4 Å². The van der Waals surface area contributed by atoms with Crippen molar-refractivity contribution < 1.29 is 19.1 Å². The van der Waals surface area contributed by atoms with Crippen molar-refractivity contribution in [2.24, 2.45) is 0 Å². The number of carbonyl (C=O) groups is 3. The van der Waals surface area contributed by atoms with Gasteiger partial charge in [0.25, 0.3) is 0 Å². The van der Waals surface area contributed by atoms with Gasteiger partial charge in [-0.05, 0) is 43.2 Å². The predicted molar refractivity (Wildman–Crippen MR) is 177 cm³/mol. The number of nitrogens with zero attached hydrogens (tertiary/aromatic N) is 3. The molecule has 0 saturated heterocycles. The minimum absolute atomic E-state index is 0.158. The molecule has 2 heterocycles. The average Bonchev–Trinajstić information content (AvgIpc) is 3.77. The van der Waals surface area contributed by atoms with E-state index in [1.807, 2.05) is 67.6 Å². The molecule has 0 fully saturated rings. The van der Waals surface area contributed by atoms with Crippen LogP contribution in [-0.4, -0.2) is 58.1 Å². The first-order valence-electron chi connectivity index (χ1n) is 15.0. The lowest BCUT2D eigenvalue weighted by Crippen LogP contribution is -2.52. The third-order valence-electron chi connectivity index (χ3n) is 7.26. The number of thiazole rings is 2. The summed E-state index contributed by atoms with van der Waals surface area (Å²) in [6, 6.07) is 18.5. The second kappa shape index (κ2) is 17.9. The highest BCUT2D eigenvalue weighted by Crippen LogP contribution is 2.15. The fourth-order valence-electron chi connectivity index (χ4n) is 4.85. The molecule has 4 rings (SSSR count). The maximum atomic E-state index is 13.5. The molecule has 4 aromatic rings. The molecular weight excluding hydrogens is 609 g/mol. The molecule has 0 aliphatic rings. The third kappa shape index (κ3) is 11.6. The van der Waals surface area contributed by atoms with E-state index < -0.39 is 12.1 Å². The van der Waals surface area contributed by atoms with Crippen molar-refractivity contribution >= 4 is 40.7 Å². The van der Waals surface area contributed by atoms with Gasteiger partial charge in [0.2, 0.25) is 5.91 Å². The molecular formula is C33H40N6O4S2. The first-order chi connectivity index (χ1) is 21.9. The Morgan fingerprint density at radius 3 is 1.89 bits per heavy atom. The maximum Gasteiger partial charge on any atom is 0.407 e. The highest BCUT2D eigenvalue weighted by atomic mass is 32.1. The molecule has 3 unspecified atom stereocenters. The smallest absolute Gasteiger partial charge is 0.407 e. The van der Waals surface area contributed by atoms with E-state index in [0.29, 0.717) is 38.6 Å². The molecule has 0 aliphatic heterocycles. The van der Waals surface area contributed by atoms with Crippen molar-refractivity contribution in [2.45, 2.75) is 70.3 Å². The minimum atomic E-state index is -0.695. The Hall–Kier alpha value is -4.29. The van der Waals surface area contributed by atoms with Gasteiger partial charge in [0.15, 0.2) is 0 Å². The lowest BCUT2D eigenvalue weighted by Gasteiger charge is -2.26. The monoisotopic (exact) mass is 648 g/mol. The summed E-state index contributed by atoms with van der Waals surface area (Å²) in [5.41, 5.74) is 5.60. The van der Waals surface area contributed by atoms with E-state index in [0.717, 1.165) is 20.9 Å². The SMILES string of the molecule is CCC(NC(=O)N(C)Cc1cncs1)C(=O)NC(CCC(Cc1ccccc1)NC(=O)OCc1cncs1)Cc1ccccc1. The Bertz CT molecular complexity index is 1440. The van der Waals surface area contributed by atoms with Gasteiger partial charge in [0, 0.05) is 36.4 Å². The maximum absolute atomic E-state index is 13.5. The van der Waals surface area contributed by atoms with Gasteiger partial charge in [-0.3, -0.25) is 14.8 Å². The lowest BCUT2D eigenvalue weighted by molar-refractivity contribution is -0.123. The highest BCUT2D eigenvalue weighted by molar-refractivity contribution is 7.09. The molecule has 45 heavy (non-hydrogen) atoms. The van der Waals surface area contributed by atoms with Gasteiger partial charge in [-0.2, -0.15) is 0 Å². The van der Waals surface area contributed by atoms with Gasteiger partial charge >= 0.3 is 12.1 Å². The Balaban J connectivity index is 1.40. The Kier molecular flexibility index (Phi) is 13.3. The van der Waals surface area contributed by atoms with Crippen molar-refractivity contribution in [3.63, 3.8) is 0 Å². The predicted octanol–water partition coefficient (Wildman–Crippen LogP) is 5.57. The second-order valence-corrected chi connectivity index (χ2v) is 12.7. The molecule has 4 amide bonds. The fraction of sp³-hybridized carbons (Fsp3) is 0.364. The van der Waals surface area contributed by atoms with Crippen molar-refractivity contribution in [3.05, 3.63) is 105 Å². The molecule has 0 radical (unpaired) electrons. The number of rotatable bonds is 16. The number of urea groups is 1. The molecule has 2 aromatic carbocycles. The molecule has 3 N–H and O–H groups in total. The van der Waals surface area contributed by atoms with Gasteiger partial charge < -0.3 is 25.6 Å². The lowest BCUT2D eigenvalue weighted by atomic mass is 9.95. The van der Waals surface area contributed by atoms with Crippen molar-refractivity contribution in [1.82, 2.24) is 30.8 Å². The standard InChI is InChI=1S/C33H40N6O4S2/c1-3-30(38-32(41)39(2)20-28-18-34-22-44-28)31(40)36-26(16-24-10-6-4-7-11-24)14-15-27(17-25-12-8-5-9-13-25)37-33(42)43-21-29-19-35-23-45-29/h4-13,18-19,22-23,26-27,30H,3,14-17,20-21H2,1-2H3,(H,36,40)(H,37,42)(H,38,41). The number of benzene rings is 2. The van der Waals surface area contributed by atoms with E-state index in [1.165, 1.54) is 22.7 Å². The molecule has 238 valence electrons. The van der Waals surface area contributed by atoms with E-state index in [9.17, 15) is 14.4 Å². The summed E-state index contributed by atoms with van der Waals surface area (Å²) in [6.07, 6.45) is 5.77. The molecule has 3 atom stereocenters. The number of ether oxygens (including phenoxy) is 1. The largest absolute Gasteiger partial charge is 0.444 e. The first kappa shape index (κ1) is 33.6. The molecule has 12 heteroatoms. The van der Waals surface area contributed by atoms with Crippen LogP contribution >= 0.6 is 22.7 Å². The van der Waals surface area contributed by atoms with Crippen LogP contribution in [0.25, 0.3) is 0 Å². The summed E-state index contributed by atoms with van der Waals surface area (Å²) in [4.78, 5) is 50.6. The molecule has 2 aromatic heterocycles. The Morgan fingerprint density at radius 1 is 0.800 bits per heavy atom. The Labute approximate surface area is 272 Å². The van der Waals surface area contributed by atoms with Crippen molar-refractivity contribution in [3.8, 4) is 0 Å². The molecule has 0 bridgehead atoms. The van der Waals surface area contributed by atoms with Gasteiger partial charge in [-0.15, -0.1) is 22.7 Å². The summed E-state index contributed by atoms with van der Waals surface area (Å²) in [5.74, 6) is -0.241. The Morgan fingerprint density at radius 2 is 1.36 bits per heavy atom. The van der Waals surface area contributed by atoms with Gasteiger partial charge in [-0.25, -0.2) is 9.59 Å². The van der Waals surface area contributed by atoms with E-state index >= 15 is 0 Å². The van der Waals surface area contributed by atoms with Crippen LogP contribution in [0.5, 0.6) is 0 Å². The van der Waals surface area contributed by atoms with Crippen molar-refractivity contribution in [2.75, 3.05) is 7.05 Å². The first-order valence-corrected chi connectivity index (χ1v) is 16.7. The summed E-state index contributed by atoms with van der Waals surface area (Å²) in [6.45, 7) is 2.44. The number of amides is 4. The molecule has 0 spiro atoms. The fourth-order valence-corrected chi connectivity index (χ4v) is 6.00. The molecule has 0 aliphatic carbocycles. The van der Waals surface area contributed by atoms with E-state index in [2.05, 4.69) is 25.9 Å². The second-order valence-electron chi connectivity index (χ2n) is 10.8. The summed E-state index contributed by atoms with van der Waals surface area (Å²) in [7, 11) is 1.69. The number of hydrogen-bond donors (Lipinski definition) is 3. The number of nitrogens with one attached hydrogen (secondary N) is 3. The van der Waals surface area contributed by atoms with E-state index in [-0.39, 0.29) is 30.6 Å². The topological polar surface area (TPSA) is 126 Å². The number of carbonyl (C=O) groups excluding carboxylic acids is 3. The van der Waals surface area contributed by atoms with Crippen LogP contribution in [0.1, 0.15) is 47.1 Å². The van der Waals surface area contributed by atoms with Crippen LogP contribution in [0.3, 0.4) is 0 Å². The number of aromatic nitrogens is 2. The van der Waals surface area contributed by atoms with E-state index in [4.69, 9.17) is 4.74 Å². The van der Waals surface area contributed by atoms with Crippen LogP contribution in [0, 0.1) is 0 Å². The van der Waals surface area contributed by atoms with Gasteiger partial charge in [-0.1, -0.05) is 67.6 Å². The zero-order valence-electron chi connectivity index (χ0n) is 25.6. The minimum Gasteiger partial charge on any atom is -0.444 e. The molecule has 10 nitrogen and oxygen atoms in total. The van der Waals surface area contributed by atoms with Crippen LogP contribution < -0.4 is 16.0 Å². The summed E-state index contributed by atoms with van der Waals surface area (Å²) >= 11 is 2.90. The quantitative estimate of drug-likeness (QED) is 0.146. The van der Waals surface area contributed by atoms with E-state index in [1.54, 1.807) is 35.4 Å². The van der Waals surface area contributed by atoms with Crippen LogP contribution in [0.2, 0.25) is 0 Å². The van der Waals surface area contributed by atoms with Crippen molar-refractivity contribution in [1.29, 1.82) is 0 Å².